The minimum absolute atomic E-state index is 0.0421. The lowest BCUT2D eigenvalue weighted by Gasteiger charge is -2.28. The molecular weight excluding hydrogens is 430 g/mol. The first-order chi connectivity index (χ1) is 15.4. The van der Waals surface area contributed by atoms with Crippen molar-refractivity contribution in [2.45, 2.75) is 13.0 Å². The fraction of sp³-hybridized carbons (Fsp3) is 0.208. The number of amides is 4. The minimum Gasteiger partial charge on any atom is -0.492 e. The van der Waals surface area contributed by atoms with Crippen molar-refractivity contribution < 1.29 is 19.1 Å². The van der Waals surface area contributed by atoms with Crippen molar-refractivity contribution in [1.29, 1.82) is 0 Å². The maximum atomic E-state index is 12.6. The van der Waals surface area contributed by atoms with Crippen LogP contribution in [0.5, 0.6) is 5.75 Å². The van der Waals surface area contributed by atoms with Crippen molar-refractivity contribution >= 4 is 46.4 Å². The van der Waals surface area contributed by atoms with Crippen LogP contribution < -0.4 is 4.74 Å². The Morgan fingerprint density at radius 3 is 2.31 bits per heavy atom. The number of hydrogen-bond acceptors (Lipinski definition) is 4. The number of fused-ring (bicyclic) bond motifs is 1. The summed E-state index contributed by atoms with van der Waals surface area (Å²) < 4.78 is 7.83. The highest BCUT2D eigenvalue weighted by Gasteiger charge is 2.37. The summed E-state index contributed by atoms with van der Waals surface area (Å²) in [7, 11) is 2.73. The first-order valence-electron chi connectivity index (χ1n) is 10.2. The van der Waals surface area contributed by atoms with Gasteiger partial charge in [-0.05, 0) is 30.7 Å². The van der Waals surface area contributed by atoms with E-state index in [1.54, 1.807) is 12.1 Å². The summed E-state index contributed by atoms with van der Waals surface area (Å²) in [6, 6.07) is 14.5. The number of para-hydroxylation sites is 2. The second-order valence-electron chi connectivity index (χ2n) is 7.50. The Kier molecular flexibility index (Phi) is 6.01. The predicted octanol–water partition coefficient (Wildman–Crippen LogP) is 4.20. The van der Waals surface area contributed by atoms with Crippen LogP contribution in [0.25, 0.3) is 17.0 Å². The van der Waals surface area contributed by atoms with Gasteiger partial charge in [0.1, 0.15) is 11.3 Å². The lowest BCUT2D eigenvalue weighted by Crippen LogP contribution is -2.52. The molecule has 1 aliphatic rings. The molecule has 4 amide bonds. The van der Waals surface area contributed by atoms with E-state index >= 15 is 0 Å². The Bertz CT molecular complexity index is 1220. The fourth-order valence-electron chi connectivity index (χ4n) is 3.68. The smallest absolute Gasteiger partial charge is 0.333 e. The highest BCUT2D eigenvalue weighted by molar-refractivity contribution is 6.32. The van der Waals surface area contributed by atoms with E-state index in [9.17, 15) is 14.4 Å². The van der Waals surface area contributed by atoms with Crippen LogP contribution >= 0.6 is 11.6 Å². The molecule has 32 heavy (non-hydrogen) atoms. The molecular formula is C24H22ClN3O4. The van der Waals surface area contributed by atoms with Gasteiger partial charge < -0.3 is 9.30 Å². The number of benzene rings is 2. The van der Waals surface area contributed by atoms with Crippen LogP contribution in [-0.2, 0) is 16.1 Å². The number of halogens is 1. The molecule has 0 unspecified atom stereocenters. The number of rotatable bonds is 6. The molecule has 8 heteroatoms. The van der Waals surface area contributed by atoms with Gasteiger partial charge in [0, 0.05) is 43.3 Å². The van der Waals surface area contributed by atoms with Crippen molar-refractivity contribution in [3.8, 4) is 5.75 Å². The average Bonchev–Trinajstić information content (AvgIpc) is 3.15. The number of barbiturate groups is 1. The van der Waals surface area contributed by atoms with E-state index in [2.05, 4.69) is 4.57 Å². The van der Waals surface area contributed by atoms with Crippen LogP contribution in [0.4, 0.5) is 4.79 Å². The van der Waals surface area contributed by atoms with Gasteiger partial charge in [0.2, 0.25) is 0 Å². The monoisotopic (exact) mass is 451 g/mol. The standard InChI is InChI=1S/C24H22ClN3O4/c1-26-22(29)18(23(30)27(2)24(26)31)14-16-15-28(20-10-5-3-8-17(16)20)12-7-13-32-21-11-6-4-9-19(21)25/h3-6,8-11,14-15H,7,12-13H2,1-2H3. The molecule has 3 aromatic rings. The maximum Gasteiger partial charge on any atom is 0.333 e. The molecule has 1 aromatic heterocycles. The van der Waals surface area contributed by atoms with Crippen LogP contribution in [0.15, 0.2) is 60.3 Å². The fourth-order valence-corrected chi connectivity index (χ4v) is 3.87. The Morgan fingerprint density at radius 1 is 0.938 bits per heavy atom. The van der Waals surface area contributed by atoms with Crippen molar-refractivity contribution in [3.05, 3.63) is 70.9 Å². The van der Waals surface area contributed by atoms with E-state index in [-0.39, 0.29) is 5.57 Å². The van der Waals surface area contributed by atoms with E-state index in [0.717, 1.165) is 32.7 Å². The van der Waals surface area contributed by atoms with E-state index in [1.807, 2.05) is 48.7 Å². The van der Waals surface area contributed by atoms with E-state index in [0.29, 0.717) is 23.9 Å². The Hall–Kier alpha value is -3.58. The van der Waals surface area contributed by atoms with E-state index < -0.39 is 17.8 Å². The Labute approximate surface area is 190 Å². The van der Waals surface area contributed by atoms with Gasteiger partial charge in [-0.25, -0.2) is 4.79 Å². The predicted molar refractivity (Wildman–Crippen MR) is 122 cm³/mol. The molecule has 0 saturated carbocycles. The zero-order valence-corrected chi connectivity index (χ0v) is 18.5. The molecule has 0 N–H and O–H groups in total. The number of aryl methyl sites for hydroxylation is 1. The van der Waals surface area contributed by atoms with Gasteiger partial charge in [0.15, 0.2) is 0 Å². The molecule has 1 fully saturated rings. The zero-order valence-electron chi connectivity index (χ0n) is 17.7. The number of aromatic nitrogens is 1. The molecule has 2 heterocycles. The van der Waals surface area contributed by atoms with Gasteiger partial charge in [-0.15, -0.1) is 0 Å². The summed E-state index contributed by atoms with van der Waals surface area (Å²) in [5.74, 6) is -0.569. The summed E-state index contributed by atoms with van der Waals surface area (Å²) >= 11 is 6.13. The van der Waals surface area contributed by atoms with Crippen LogP contribution in [0, 0.1) is 0 Å². The number of imide groups is 2. The Balaban J connectivity index is 1.57. The summed E-state index contributed by atoms with van der Waals surface area (Å²) in [4.78, 5) is 39.0. The van der Waals surface area contributed by atoms with E-state index in [4.69, 9.17) is 16.3 Å². The van der Waals surface area contributed by atoms with Crippen molar-refractivity contribution in [2.75, 3.05) is 20.7 Å². The number of ether oxygens (including phenoxy) is 1. The second kappa shape index (κ2) is 8.88. The van der Waals surface area contributed by atoms with Gasteiger partial charge in [0.05, 0.1) is 11.6 Å². The molecule has 1 saturated heterocycles. The molecule has 4 rings (SSSR count). The summed E-state index contributed by atoms with van der Waals surface area (Å²) in [5, 5.41) is 1.48. The van der Waals surface area contributed by atoms with Crippen LogP contribution in [-0.4, -0.2) is 52.9 Å². The third-order valence-corrected chi connectivity index (χ3v) is 5.71. The highest BCUT2D eigenvalue weighted by atomic mass is 35.5. The van der Waals surface area contributed by atoms with Gasteiger partial charge in [-0.1, -0.05) is 41.9 Å². The number of likely N-dealkylation sites (N-methyl/N-ethyl adjacent to an activating group) is 2. The Morgan fingerprint density at radius 2 is 1.59 bits per heavy atom. The van der Waals surface area contributed by atoms with Gasteiger partial charge in [-0.3, -0.25) is 19.4 Å². The summed E-state index contributed by atoms with van der Waals surface area (Å²) in [6.07, 6.45) is 4.20. The topological polar surface area (TPSA) is 71.8 Å². The summed E-state index contributed by atoms with van der Waals surface area (Å²) in [6.45, 7) is 1.16. The van der Waals surface area contributed by atoms with E-state index in [1.165, 1.54) is 14.1 Å². The number of carbonyl (C=O) groups is 3. The molecule has 0 spiro atoms. The molecule has 0 bridgehead atoms. The largest absolute Gasteiger partial charge is 0.492 e. The molecule has 1 aliphatic heterocycles. The lowest BCUT2D eigenvalue weighted by atomic mass is 10.1. The van der Waals surface area contributed by atoms with Gasteiger partial charge in [-0.2, -0.15) is 0 Å². The number of carbonyl (C=O) groups excluding carboxylic acids is 3. The van der Waals surface area contributed by atoms with Crippen molar-refractivity contribution in [2.24, 2.45) is 0 Å². The first-order valence-corrected chi connectivity index (χ1v) is 10.5. The van der Waals surface area contributed by atoms with Crippen molar-refractivity contribution in [1.82, 2.24) is 14.4 Å². The molecule has 164 valence electrons. The second-order valence-corrected chi connectivity index (χ2v) is 7.90. The van der Waals surface area contributed by atoms with Crippen LogP contribution in [0.2, 0.25) is 5.02 Å². The molecule has 0 aliphatic carbocycles. The molecule has 2 aromatic carbocycles. The lowest BCUT2D eigenvalue weighted by molar-refractivity contribution is -0.134. The molecule has 7 nitrogen and oxygen atoms in total. The third kappa shape index (κ3) is 3.99. The zero-order chi connectivity index (χ0) is 22.8. The minimum atomic E-state index is -0.641. The van der Waals surface area contributed by atoms with Crippen LogP contribution in [0.3, 0.4) is 0 Å². The number of nitrogens with zero attached hydrogens (tertiary/aromatic N) is 3. The molecule has 0 atom stereocenters. The maximum absolute atomic E-state index is 12.6. The summed E-state index contributed by atoms with van der Waals surface area (Å²) in [5.41, 5.74) is 1.67. The average molecular weight is 452 g/mol. The van der Waals surface area contributed by atoms with Crippen molar-refractivity contribution in [3.63, 3.8) is 0 Å². The third-order valence-electron chi connectivity index (χ3n) is 5.40. The normalized spacial score (nSPS) is 14.5. The number of hydrogen-bond donors (Lipinski definition) is 0. The van der Waals surface area contributed by atoms with Crippen LogP contribution in [0.1, 0.15) is 12.0 Å². The quantitative estimate of drug-likeness (QED) is 0.320. The van der Waals surface area contributed by atoms with Gasteiger partial charge in [0.25, 0.3) is 11.8 Å². The number of urea groups is 1. The first kappa shape index (κ1) is 21.6. The molecule has 0 radical (unpaired) electrons. The van der Waals surface area contributed by atoms with Gasteiger partial charge >= 0.3 is 6.03 Å². The SMILES string of the molecule is CN1C(=O)C(=Cc2cn(CCCOc3ccccc3Cl)c3ccccc23)C(=O)N(C)C1=O. The highest BCUT2D eigenvalue weighted by Crippen LogP contribution is 2.27.